The van der Waals surface area contributed by atoms with Crippen molar-refractivity contribution in [2.45, 2.75) is 5.41 Å². The normalized spacial score (nSPS) is 22.0. The fourth-order valence-electron chi connectivity index (χ4n) is 7.09. The predicted molar refractivity (Wildman–Crippen MR) is 216 cm³/mol. The van der Waals surface area contributed by atoms with Crippen LogP contribution in [0.2, 0.25) is 0 Å². The first-order valence-electron chi connectivity index (χ1n) is 31.2. The van der Waals surface area contributed by atoms with Crippen LogP contribution in [0.4, 0.5) is 0 Å². The summed E-state index contributed by atoms with van der Waals surface area (Å²) in [7, 11) is 0. The highest BCUT2D eigenvalue weighted by molar-refractivity contribution is 6.28. The van der Waals surface area contributed by atoms with Gasteiger partial charge in [0.25, 0.3) is 0 Å². The Labute approximate surface area is 342 Å². The molecule has 0 amide bonds. The molecule has 1 aliphatic carbocycles. The van der Waals surface area contributed by atoms with Gasteiger partial charge < -0.3 is 0 Å². The number of fused-ring (bicyclic) bond motifs is 2. The molecule has 0 nitrogen and oxygen atoms in total. The average Bonchev–Trinajstić information content (AvgIpc) is 0.699. The lowest BCUT2D eigenvalue weighted by Gasteiger charge is -2.42. The summed E-state index contributed by atoms with van der Waals surface area (Å²) in [6.45, 7) is 0. The number of rotatable bonds is 4. The van der Waals surface area contributed by atoms with Crippen LogP contribution >= 0.6 is 0 Å². The van der Waals surface area contributed by atoms with Crippen LogP contribution in [0.15, 0.2) is 193 Å². The van der Waals surface area contributed by atoms with E-state index in [1.165, 1.54) is 0 Å². The largest absolute Gasteiger partial charge is 0.0713 e. The van der Waals surface area contributed by atoms with E-state index in [0.717, 1.165) is 0 Å². The molecule has 1 aliphatic rings. The third kappa shape index (κ3) is 3.85. The first kappa shape index (κ1) is 11.3. The van der Waals surface area contributed by atoms with Crippen LogP contribution in [0.25, 0.3) is 76.5 Å². The van der Waals surface area contributed by atoms with Gasteiger partial charge in [-0.05, 0) is 98.7 Å². The Morgan fingerprint density at radius 2 is 0.784 bits per heavy atom. The molecule has 0 bridgehead atoms. The van der Waals surface area contributed by atoms with Crippen LogP contribution < -0.4 is 0 Å². The number of hydrogen-bond donors (Lipinski definition) is 0. The van der Waals surface area contributed by atoms with Gasteiger partial charge in [-0.1, -0.05) is 193 Å². The molecule has 236 valence electrons. The molecule has 0 unspecified atom stereocenters. The molecule has 0 heteroatoms. The fraction of sp³-hybridized carbons (Fsp3) is 0.0196. The zero-order valence-electron chi connectivity index (χ0n) is 57.5. The summed E-state index contributed by atoms with van der Waals surface area (Å²) in [4.78, 5) is 0. The summed E-state index contributed by atoms with van der Waals surface area (Å²) in [6, 6.07) is -34.3. The Bertz CT molecular complexity index is 4650. The summed E-state index contributed by atoms with van der Waals surface area (Å²) in [6.07, 6.45) is 0. The van der Waals surface area contributed by atoms with Crippen LogP contribution in [0.3, 0.4) is 0 Å². The molecule has 0 aliphatic heterocycles. The van der Waals surface area contributed by atoms with Gasteiger partial charge in [-0.2, -0.15) is 0 Å². The minimum absolute atomic E-state index is 0.498. The molecule has 0 heterocycles. The van der Waals surface area contributed by atoms with Gasteiger partial charge in [-0.25, -0.2) is 0 Å². The van der Waals surface area contributed by atoms with E-state index in [0.29, 0.717) is 0 Å². The van der Waals surface area contributed by atoms with Crippen molar-refractivity contribution < 1.29 is 43.9 Å². The maximum atomic E-state index is 10.3. The molecule has 51 heavy (non-hydrogen) atoms. The molecule has 0 radical (unpaired) electrons. The van der Waals surface area contributed by atoms with Crippen molar-refractivity contribution in [2.24, 2.45) is 0 Å². The fourth-order valence-corrected chi connectivity index (χ4v) is 7.09. The first-order chi connectivity index (χ1) is 38.6. The van der Waals surface area contributed by atoms with E-state index in [1.54, 1.807) is 0 Å². The van der Waals surface area contributed by atoms with Gasteiger partial charge in [0.05, 0.1) is 49.3 Å². The van der Waals surface area contributed by atoms with E-state index < -0.39 is 297 Å². The lowest BCUT2D eigenvalue weighted by atomic mass is 9.59. The van der Waals surface area contributed by atoms with E-state index in [1.807, 2.05) is 0 Å². The highest BCUT2D eigenvalue weighted by atomic mass is 14.4. The van der Waals surface area contributed by atoms with Gasteiger partial charge >= 0.3 is 0 Å². The van der Waals surface area contributed by atoms with E-state index in [4.69, 9.17) is 17.8 Å². The van der Waals surface area contributed by atoms with Crippen LogP contribution in [0.1, 0.15) is 66.1 Å². The molecule has 0 saturated carbocycles. The van der Waals surface area contributed by atoms with Gasteiger partial charge in [0.1, 0.15) is 0 Å². The molecule has 0 saturated heterocycles. The van der Waals surface area contributed by atoms with Crippen LogP contribution in [0.5, 0.6) is 0 Å². The summed E-state index contributed by atoms with van der Waals surface area (Å²) < 4.78 is 297. The molecular formula is C51H32. The van der Waals surface area contributed by atoms with Gasteiger partial charge in [-0.3, -0.25) is 0 Å². The zero-order chi connectivity index (χ0) is 61.4. The molecular weight excluding hydrogens is 613 g/mol. The molecule has 0 aromatic heterocycles. The van der Waals surface area contributed by atoms with Crippen molar-refractivity contribution >= 4 is 43.1 Å². The average molecular weight is 677 g/mol. The van der Waals surface area contributed by atoms with Crippen LogP contribution in [-0.2, 0) is 5.41 Å². The highest BCUT2D eigenvalue weighted by Gasteiger charge is 2.44. The molecule has 0 atom stereocenters. The topological polar surface area (TPSA) is 0 Å². The van der Waals surface area contributed by atoms with Gasteiger partial charge in [-0.15, -0.1) is 0 Å². The maximum Gasteiger partial charge on any atom is 0.0713 e. The van der Waals surface area contributed by atoms with E-state index in [9.17, 15) is 26.0 Å². The minimum atomic E-state index is -3.42. The summed E-state index contributed by atoms with van der Waals surface area (Å²) in [5.74, 6) is 0. The Morgan fingerprint density at radius 1 is 0.294 bits per heavy atom. The van der Waals surface area contributed by atoms with Crippen molar-refractivity contribution in [1.29, 1.82) is 0 Å². The van der Waals surface area contributed by atoms with Crippen LogP contribution in [-0.4, -0.2) is 0 Å². The second kappa shape index (κ2) is 10.7. The van der Waals surface area contributed by atoms with Crippen molar-refractivity contribution in [3.05, 3.63) is 216 Å². The lowest BCUT2D eigenvalue weighted by molar-refractivity contribution is 0.750. The smallest absolute Gasteiger partial charge is 0.0622 e. The first-order valence-corrected chi connectivity index (χ1v) is 15.2. The minimum Gasteiger partial charge on any atom is -0.0622 e. The third-order valence-electron chi connectivity index (χ3n) is 9.12. The predicted octanol–water partition coefficient (Wildman–Crippen LogP) is 13.4. The van der Waals surface area contributed by atoms with Gasteiger partial charge in [0.15, 0.2) is 0 Å². The van der Waals surface area contributed by atoms with Crippen molar-refractivity contribution in [1.82, 2.24) is 0 Å². The Balaban J connectivity index is 1.50. The van der Waals surface area contributed by atoms with E-state index in [2.05, 4.69) is 0 Å². The molecule has 0 spiro atoms. The number of benzene rings is 10. The Kier molecular flexibility index (Phi) is 2.37. The molecule has 10 aromatic carbocycles. The lowest BCUT2D eigenvalue weighted by Crippen LogP contribution is -2.33. The quantitative estimate of drug-likeness (QED) is 0.163. The molecule has 11 rings (SSSR count). The second-order valence-corrected chi connectivity index (χ2v) is 11.5. The maximum absolute atomic E-state index is 10.3. The summed E-state index contributed by atoms with van der Waals surface area (Å²) in [5, 5.41) is -5.31. The highest BCUT2D eigenvalue weighted by Crippen LogP contribution is 2.56. The Morgan fingerprint density at radius 3 is 1.45 bits per heavy atom. The molecule has 10 aromatic rings. The standard InChI is InChI=1S/C51H32/c1-4-13-33(14-5-1)38-27-23-34-26-30-45-39(28-24-35-25-29-44(38)48(34)49(35)45)40-31-32-47-50-42(40)20-12-21-43(50)41-19-10-11-22-46(41)51(47,36-15-6-2-7-16-36)37-17-8-3-9-18-37/h1-32H/i1D,2D,3D,4D,5D,6D,7D,8D,9D,10D,11D,12D,13D,14D,15D,16D,17D,18D,19D,20D,21D,22D,23D,24D,25D,26D,27D,28D,29D,30D,31D,32D. The van der Waals surface area contributed by atoms with Crippen molar-refractivity contribution in [3.8, 4) is 33.4 Å². The van der Waals surface area contributed by atoms with Crippen molar-refractivity contribution in [2.75, 3.05) is 0 Å². The third-order valence-corrected chi connectivity index (χ3v) is 9.12. The summed E-state index contributed by atoms with van der Waals surface area (Å²) in [5.41, 5.74) is -12.5. The number of hydrogen-bond acceptors (Lipinski definition) is 0. The van der Waals surface area contributed by atoms with Gasteiger partial charge in [0, 0.05) is 0 Å². The monoisotopic (exact) mass is 676 g/mol. The second-order valence-electron chi connectivity index (χ2n) is 11.5. The van der Waals surface area contributed by atoms with Gasteiger partial charge in [0.2, 0.25) is 0 Å². The SMILES string of the molecule is [2H]c1c([2H])c([2H])c(-c2c([2H])c([2H])c3c([2H])c([2H])c4c(-c5c([2H])c([2H])c6c7c(c([2H])c([2H])c([2H])c57)-c5c([2H])c([2H])c([2H])c([2H])c5C6(c5c([2H])c([2H])c([2H])c([2H])c5[2H])c5c([2H])c([2H])c([2H])c([2H])c5[2H])c([2H])c([2H])c5c([2H])c([2H])c2c3c54)c([2H])c1[2H]. The molecule has 0 N–H and O–H groups in total. The van der Waals surface area contributed by atoms with Crippen LogP contribution in [0, 0.1) is 0 Å². The summed E-state index contributed by atoms with van der Waals surface area (Å²) >= 11 is 0. The van der Waals surface area contributed by atoms with E-state index in [-0.39, 0.29) is 0 Å². The zero-order valence-corrected chi connectivity index (χ0v) is 25.5. The molecule has 0 fully saturated rings. The van der Waals surface area contributed by atoms with Crippen molar-refractivity contribution in [3.63, 3.8) is 0 Å². The van der Waals surface area contributed by atoms with E-state index >= 15 is 0 Å². The Hall–Kier alpha value is -6.50.